The lowest BCUT2D eigenvalue weighted by atomic mass is 9.68. The Hall–Kier alpha value is -2.70. The van der Waals surface area contributed by atoms with Gasteiger partial charge in [0, 0.05) is 17.5 Å². The maximum absolute atomic E-state index is 12.7. The van der Waals surface area contributed by atoms with Crippen molar-refractivity contribution in [1.82, 2.24) is 0 Å². The predicted octanol–water partition coefficient (Wildman–Crippen LogP) is 5.13. The first-order valence-electron chi connectivity index (χ1n) is 12.1. The van der Waals surface area contributed by atoms with Crippen molar-refractivity contribution in [2.75, 3.05) is 19.8 Å². The first kappa shape index (κ1) is 26.6. The van der Waals surface area contributed by atoms with Gasteiger partial charge in [-0.25, -0.2) is 9.59 Å². The van der Waals surface area contributed by atoms with Gasteiger partial charge >= 0.3 is 11.9 Å². The minimum absolute atomic E-state index is 0.111. The van der Waals surface area contributed by atoms with Crippen molar-refractivity contribution in [1.29, 1.82) is 0 Å². The fraction of sp³-hybridized carbons (Fsp3) is 0.615. The third-order valence-electron chi connectivity index (χ3n) is 6.15. The summed E-state index contributed by atoms with van der Waals surface area (Å²) in [6.07, 6.45) is 7.95. The number of nitrogens with zero attached hydrogens (tertiary/aromatic N) is 2. The molecule has 0 aromatic heterocycles. The van der Waals surface area contributed by atoms with Gasteiger partial charge in [-0.05, 0) is 37.3 Å². The zero-order chi connectivity index (χ0) is 24.3. The zero-order valence-corrected chi connectivity index (χ0v) is 20.5. The first-order valence-corrected chi connectivity index (χ1v) is 12.1. The summed E-state index contributed by atoms with van der Waals surface area (Å²) in [6.45, 7) is 8.77. The number of oxime groups is 1. The standard InChI is InChI=1S/C26H38N2O5/c1-5-8-9-10-16-32-21(29)17-33-25(30)24(28-31)23-20-13-11-12-19(4)22(20)26(14-6-2,15-7-3)18-27-23/h11-13,31H,5-10,14-18H2,1-4H3. The van der Waals surface area contributed by atoms with E-state index < -0.39 is 18.5 Å². The number of hydrogen-bond donors (Lipinski definition) is 1. The molecule has 182 valence electrons. The van der Waals surface area contributed by atoms with E-state index in [0.717, 1.165) is 68.1 Å². The number of fused-ring (bicyclic) bond motifs is 1. The molecule has 2 rings (SSSR count). The molecule has 33 heavy (non-hydrogen) atoms. The van der Waals surface area contributed by atoms with Crippen molar-refractivity contribution < 1.29 is 24.3 Å². The molecule has 0 unspecified atom stereocenters. The molecule has 0 atom stereocenters. The molecular weight excluding hydrogens is 420 g/mol. The second kappa shape index (κ2) is 13.1. The van der Waals surface area contributed by atoms with Gasteiger partial charge in [0.25, 0.3) is 0 Å². The van der Waals surface area contributed by atoms with E-state index in [2.05, 4.69) is 38.9 Å². The Morgan fingerprint density at radius 3 is 2.42 bits per heavy atom. The van der Waals surface area contributed by atoms with Crippen LogP contribution in [0.5, 0.6) is 0 Å². The van der Waals surface area contributed by atoms with Crippen LogP contribution in [-0.4, -0.2) is 48.3 Å². The molecule has 0 aliphatic carbocycles. The molecule has 1 aliphatic rings. The number of aryl methyl sites for hydroxylation is 1. The fourth-order valence-electron chi connectivity index (χ4n) is 4.79. The molecule has 0 bridgehead atoms. The highest BCUT2D eigenvalue weighted by Gasteiger charge is 2.40. The Balaban J connectivity index is 2.17. The monoisotopic (exact) mass is 458 g/mol. The van der Waals surface area contributed by atoms with Crippen molar-refractivity contribution in [3.05, 3.63) is 34.9 Å². The van der Waals surface area contributed by atoms with E-state index in [1.54, 1.807) is 0 Å². The van der Waals surface area contributed by atoms with Crippen molar-refractivity contribution in [2.24, 2.45) is 10.1 Å². The molecule has 1 N–H and O–H groups in total. The molecule has 0 radical (unpaired) electrons. The highest BCUT2D eigenvalue weighted by atomic mass is 16.6. The van der Waals surface area contributed by atoms with E-state index in [1.165, 1.54) is 0 Å². The molecule has 1 aliphatic heterocycles. The van der Waals surface area contributed by atoms with Crippen LogP contribution < -0.4 is 0 Å². The Morgan fingerprint density at radius 2 is 1.79 bits per heavy atom. The number of ether oxygens (including phenoxy) is 2. The summed E-state index contributed by atoms with van der Waals surface area (Å²) >= 11 is 0. The normalized spacial score (nSPS) is 14.9. The minimum Gasteiger partial charge on any atom is -0.463 e. The largest absolute Gasteiger partial charge is 0.463 e. The summed E-state index contributed by atoms with van der Waals surface area (Å²) in [5.41, 5.74) is 2.96. The zero-order valence-electron chi connectivity index (χ0n) is 20.5. The van der Waals surface area contributed by atoms with E-state index in [-0.39, 0.29) is 11.1 Å². The molecule has 0 fully saturated rings. The van der Waals surface area contributed by atoms with E-state index in [4.69, 9.17) is 14.5 Å². The minimum atomic E-state index is -0.898. The van der Waals surface area contributed by atoms with Crippen molar-refractivity contribution in [2.45, 2.75) is 84.5 Å². The molecule has 0 saturated carbocycles. The van der Waals surface area contributed by atoms with Gasteiger partial charge in [-0.1, -0.05) is 76.2 Å². The summed E-state index contributed by atoms with van der Waals surface area (Å²) in [7, 11) is 0. The summed E-state index contributed by atoms with van der Waals surface area (Å²) in [4.78, 5) is 29.3. The Morgan fingerprint density at radius 1 is 1.06 bits per heavy atom. The van der Waals surface area contributed by atoms with Crippen LogP contribution in [0.15, 0.2) is 28.3 Å². The van der Waals surface area contributed by atoms with Gasteiger partial charge in [-0.2, -0.15) is 0 Å². The van der Waals surface area contributed by atoms with Crippen LogP contribution in [0.2, 0.25) is 0 Å². The number of benzene rings is 1. The molecule has 7 nitrogen and oxygen atoms in total. The molecule has 1 aromatic carbocycles. The lowest BCUT2D eigenvalue weighted by Crippen LogP contribution is -2.40. The van der Waals surface area contributed by atoms with Crippen molar-refractivity contribution in [3.63, 3.8) is 0 Å². The van der Waals surface area contributed by atoms with Crippen LogP contribution in [0.25, 0.3) is 0 Å². The van der Waals surface area contributed by atoms with Gasteiger partial charge in [-0.15, -0.1) is 0 Å². The average Bonchev–Trinajstić information content (AvgIpc) is 2.80. The van der Waals surface area contributed by atoms with Gasteiger partial charge in [0.15, 0.2) is 6.61 Å². The van der Waals surface area contributed by atoms with Gasteiger partial charge < -0.3 is 14.7 Å². The Labute approximate surface area is 197 Å². The lowest BCUT2D eigenvalue weighted by Gasteiger charge is -2.39. The number of rotatable bonds is 13. The molecule has 1 heterocycles. The number of carbonyl (C=O) groups is 2. The molecule has 7 heteroatoms. The number of carbonyl (C=O) groups excluding carboxylic acids is 2. The lowest BCUT2D eigenvalue weighted by molar-refractivity contribution is -0.155. The second-order valence-corrected chi connectivity index (χ2v) is 8.75. The Kier molecular flexibility index (Phi) is 10.6. The number of esters is 2. The summed E-state index contributed by atoms with van der Waals surface area (Å²) in [5.74, 6) is -1.52. The highest BCUT2D eigenvalue weighted by molar-refractivity contribution is 6.69. The van der Waals surface area contributed by atoms with Crippen LogP contribution in [-0.2, 0) is 24.5 Å². The van der Waals surface area contributed by atoms with Crippen molar-refractivity contribution >= 4 is 23.4 Å². The van der Waals surface area contributed by atoms with E-state index in [9.17, 15) is 14.8 Å². The second-order valence-electron chi connectivity index (χ2n) is 8.75. The number of hydrogen-bond acceptors (Lipinski definition) is 7. The molecule has 0 saturated heterocycles. The first-order chi connectivity index (χ1) is 15.9. The molecule has 1 aromatic rings. The molecule has 0 amide bonds. The van der Waals surface area contributed by atoms with Gasteiger partial charge in [0.05, 0.1) is 6.61 Å². The predicted molar refractivity (Wildman–Crippen MR) is 129 cm³/mol. The van der Waals surface area contributed by atoms with Gasteiger partial charge in [0.2, 0.25) is 5.71 Å². The number of unbranched alkanes of at least 4 members (excludes halogenated alkanes) is 3. The van der Waals surface area contributed by atoms with Gasteiger partial charge in [0.1, 0.15) is 5.71 Å². The summed E-state index contributed by atoms with van der Waals surface area (Å²) in [6, 6.07) is 5.88. The molecular formula is C26H38N2O5. The van der Waals surface area contributed by atoms with E-state index in [1.807, 2.05) is 12.1 Å². The maximum Gasteiger partial charge on any atom is 0.363 e. The highest BCUT2D eigenvalue weighted by Crippen LogP contribution is 2.41. The fourth-order valence-corrected chi connectivity index (χ4v) is 4.79. The van der Waals surface area contributed by atoms with Crippen molar-refractivity contribution in [3.8, 4) is 0 Å². The van der Waals surface area contributed by atoms with E-state index >= 15 is 0 Å². The van der Waals surface area contributed by atoms with Crippen LogP contribution in [0.1, 0.15) is 88.8 Å². The number of aliphatic imine (C=N–C) groups is 1. The summed E-state index contributed by atoms with van der Waals surface area (Å²) < 4.78 is 10.2. The average molecular weight is 459 g/mol. The summed E-state index contributed by atoms with van der Waals surface area (Å²) in [5, 5.41) is 12.9. The topological polar surface area (TPSA) is 97.6 Å². The van der Waals surface area contributed by atoms with E-state index in [0.29, 0.717) is 18.9 Å². The smallest absolute Gasteiger partial charge is 0.363 e. The van der Waals surface area contributed by atoms with Crippen LogP contribution in [0.4, 0.5) is 0 Å². The molecule has 0 spiro atoms. The van der Waals surface area contributed by atoms with Gasteiger partial charge in [-0.3, -0.25) is 4.99 Å². The Bertz CT molecular complexity index is 869. The van der Waals surface area contributed by atoms with Crippen LogP contribution in [0, 0.1) is 6.92 Å². The third-order valence-corrected chi connectivity index (χ3v) is 6.15. The quantitative estimate of drug-likeness (QED) is 0.145. The maximum atomic E-state index is 12.7. The van der Waals surface area contributed by atoms with Crippen LogP contribution in [0.3, 0.4) is 0 Å². The van der Waals surface area contributed by atoms with Crippen LogP contribution >= 0.6 is 0 Å². The SMILES string of the molecule is CCCCCCOC(=O)COC(=O)C(=NO)C1=NCC(CCC)(CCC)c2c(C)cccc21. The third kappa shape index (κ3) is 6.65.